The number of nitrogens with one attached hydrogen (secondary N) is 1. The van der Waals surface area contributed by atoms with E-state index < -0.39 is 12.1 Å². The van der Waals surface area contributed by atoms with Crippen LogP contribution in [0.4, 0.5) is 0 Å². The number of aryl methyl sites for hydroxylation is 1. The van der Waals surface area contributed by atoms with Gasteiger partial charge in [0.25, 0.3) is 5.91 Å². The van der Waals surface area contributed by atoms with Gasteiger partial charge in [0.2, 0.25) is 0 Å². The van der Waals surface area contributed by atoms with Crippen molar-refractivity contribution in [3.05, 3.63) is 100 Å². The number of carbonyl (C=O) groups is 2. The summed E-state index contributed by atoms with van der Waals surface area (Å²) in [6, 6.07) is 21.7. The summed E-state index contributed by atoms with van der Waals surface area (Å²) in [6.45, 7) is 14.1. The van der Waals surface area contributed by atoms with Crippen LogP contribution in [-0.2, 0) is 4.79 Å². The predicted molar refractivity (Wildman–Crippen MR) is 156 cm³/mol. The van der Waals surface area contributed by atoms with Gasteiger partial charge in [0, 0.05) is 22.2 Å². The van der Waals surface area contributed by atoms with E-state index in [1.807, 2.05) is 49.4 Å². The van der Waals surface area contributed by atoms with Crippen molar-refractivity contribution in [2.45, 2.75) is 72.6 Å². The van der Waals surface area contributed by atoms with Gasteiger partial charge in [-0.15, -0.1) is 0 Å². The number of ether oxygens (including phenoxy) is 1. The van der Waals surface area contributed by atoms with Gasteiger partial charge in [0.15, 0.2) is 6.10 Å². The molecule has 0 aliphatic rings. The summed E-state index contributed by atoms with van der Waals surface area (Å²) in [6.07, 6.45) is -0.932. The lowest BCUT2D eigenvalue weighted by Gasteiger charge is -2.20. The molecule has 0 aliphatic carbocycles. The van der Waals surface area contributed by atoms with Gasteiger partial charge in [-0.3, -0.25) is 4.79 Å². The number of rotatable bonds is 9. The Balaban J connectivity index is 1.60. The Hall–Kier alpha value is -4.06. The molecule has 0 saturated heterocycles. The van der Waals surface area contributed by atoms with Crippen molar-refractivity contribution in [2.24, 2.45) is 0 Å². The Morgan fingerprint density at radius 1 is 0.846 bits per heavy atom. The molecule has 1 aromatic heterocycles. The van der Waals surface area contributed by atoms with Crippen LogP contribution in [0.1, 0.15) is 90.9 Å². The van der Waals surface area contributed by atoms with Gasteiger partial charge in [-0.05, 0) is 93.1 Å². The van der Waals surface area contributed by atoms with Crippen LogP contribution in [0.5, 0.6) is 5.75 Å². The molecule has 4 aromatic rings. The van der Waals surface area contributed by atoms with Crippen molar-refractivity contribution in [1.29, 1.82) is 0 Å². The summed E-state index contributed by atoms with van der Waals surface area (Å²) in [7, 11) is 0. The van der Waals surface area contributed by atoms with Gasteiger partial charge in [-0.1, -0.05) is 50.2 Å². The number of aliphatic carboxylic acids is 1. The van der Waals surface area contributed by atoms with Crippen molar-refractivity contribution in [3.63, 3.8) is 0 Å². The Labute approximate surface area is 230 Å². The minimum atomic E-state index is -1.00. The summed E-state index contributed by atoms with van der Waals surface area (Å²) in [5.74, 6) is -0.160. The molecule has 0 saturated carbocycles. The van der Waals surface area contributed by atoms with E-state index >= 15 is 0 Å². The highest BCUT2D eigenvalue weighted by atomic mass is 16.5. The maximum Gasteiger partial charge on any atom is 0.344 e. The van der Waals surface area contributed by atoms with Gasteiger partial charge in [-0.25, -0.2) is 4.79 Å². The standard InChI is InChI=1S/C33H38N2O4/c1-19(2)25-10-8-11-26(16-25)21(4)34-32(36)28-14-15-31-30(18-28)20(3)22(5)35(31)23(6)27-12-9-13-29(17-27)39-24(7)33(37)38/h8-19,21,23-24H,1-7H3,(H,34,36)(H,37,38)/t21-,23?,24?/m0/s1. The highest BCUT2D eigenvalue weighted by Crippen LogP contribution is 2.33. The number of amides is 1. The first-order valence-corrected chi connectivity index (χ1v) is 13.5. The first-order chi connectivity index (χ1) is 18.5. The molecule has 3 atom stereocenters. The van der Waals surface area contributed by atoms with Crippen LogP contribution in [0.3, 0.4) is 0 Å². The fraction of sp³-hybridized carbons (Fsp3) is 0.333. The largest absolute Gasteiger partial charge is 0.479 e. The van der Waals surface area contributed by atoms with Crippen LogP contribution in [0.2, 0.25) is 0 Å². The van der Waals surface area contributed by atoms with Crippen LogP contribution < -0.4 is 10.1 Å². The Kier molecular flexibility index (Phi) is 8.14. The highest BCUT2D eigenvalue weighted by molar-refractivity contribution is 5.99. The molecule has 2 unspecified atom stereocenters. The van der Waals surface area contributed by atoms with E-state index in [9.17, 15) is 14.7 Å². The molecule has 6 nitrogen and oxygen atoms in total. The van der Waals surface area contributed by atoms with E-state index in [0.717, 1.165) is 33.3 Å². The molecule has 6 heteroatoms. The Morgan fingerprint density at radius 3 is 2.21 bits per heavy atom. The second kappa shape index (κ2) is 11.4. The van der Waals surface area contributed by atoms with Gasteiger partial charge in [0.1, 0.15) is 5.75 Å². The Bertz CT molecular complexity index is 1520. The van der Waals surface area contributed by atoms with Crippen molar-refractivity contribution in [3.8, 4) is 5.75 Å². The van der Waals surface area contributed by atoms with Gasteiger partial charge < -0.3 is 19.7 Å². The van der Waals surface area contributed by atoms with Crippen molar-refractivity contribution in [2.75, 3.05) is 0 Å². The second-order valence-electron chi connectivity index (χ2n) is 10.7. The van der Waals surface area contributed by atoms with Crippen LogP contribution in [-0.4, -0.2) is 27.7 Å². The maximum absolute atomic E-state index is 13.2. The number of hydrogen-bond acceptors (Lipinski definition) is 3. The maximum atomic E-state index is 13.2. The third kappa shape index (κ3) is 5.85. The fourth-order valence-corrected chi connectivity index (χ4v) is 5.05. The number of carboxylic acid groups (broad SMARTS) is 1. The first kappa shape index (κ1) is 28.0. The van der Waals surface area contributed by atoms with Crippen LogP contribution in [0, 0.1) is 13.8 Å². The van der Waals surface area contributed by atoms with Crippen molar-refractivity contribution < 1.29 is 19.4 Å². The molecule has 3 aromatic carbocycles. The third-order valence-electron chi connectivity index (χ3n) is 7.64. The molecular weight excluding hydrogens is 488 g/mol. The normalized spacial score (nSPS) is 13.7. The smallest absolute Gasteiger partial charge is 0.344 e. The molecular formula is C33H38N2O4. The van der Waals surface area contributed by atoms with Gasteiger partial charge in [-0.2, -0.15) is 0 Å². The first-order valence-electron chi connectivity index (χ1n) is 13.5. The lowest BCUT2D eigenvalue weighted by atomic mass is 9.98. The predicted octanol–water partition coefficient (Wildman–Crippen LogP) is 7.33. The minimum Gasteiger partial charge on any atom is -0.479 e. The summed E-state index contributed by atoms with van der Waals surface area (Å²) < 4.78 is 7.85. The number of nitrogens with zero attached hydrogens (tertiary/aromatic N) is 1. The fourth-order valence-electron chi connectivity index (χ4n) is 5.05. The molecule has 39 heavy (non-hydrogen) atoms. The van der Waals surface area contributed by atoms with Crippen LogP contribution in [0.25, 0.3) is 10.9 Å². The molecule has 0 spiro atoms. The number of carbonyl (C=O) groups excluding carboxylic acids is 1. The quantitative estimate of drug-likeness (QED) is 0.239. The molecule has 0 aliphatic heterocycles. The van der Waals surface area contributed by atoms with Crippen molar-refractivity contribution in [1.82, 2.24) is 9.88 Å². The summed E-state index contributed by atoms with van der Waals surface area (Å²) in [5, 5.41) is 13.4. The number of benzene rings is 3. The van der Waals surface area contributed by atoms with E-state index in [2.05, 4.69) is 62.7 Å². The molecule has 4 rings (SSSR count). The monoisotopic (exact) mass is 526 g/mol. The summed E-state index contributed by atoms with van der Waals surface area (Å²) >= 11 is 0. The number of aromatic nitrogens is 1. The average Bonchev–Trinajstić information content (AvgIpc) is 3.17. The van der Waals surface area contributed by atoms with Crippen molar-refractivity contribution >= 4 is 22.8 Å². The van der Waals surface area contributed by atoms with Gasteiger partial charge in [0.05, 0.1) is 12.1 Å². The number of hydrogen-bond donors (Lipinski definition) is 2. The minimum absolute atomic E-state index is 0.0298. The lowest BCUT2D eigenvalue weighted by Crippen LogP contribution is -2.26. The molecule has 204 valence electrons. The third-order valence-corrected chi connectivity index (χ3v) is 7.64. The highest BCUT2D eigenvalue weighted by Gasteiger charge is 2.20. The summed E-state index contributed by atoms with van der Waals surface area (Å²) in [5.41, 5.74) is 7.24. The average molecular weight is 527 g/mol. The molecule has 2 N–H and O–H groups in total. The molecule has 0 bridgehead atoms. The zero-order valence-electron chi connectivity index (χ0n) is 23.8. The van der Waals surface area contributed by atoms with E-state index in [1.165, 1.54) is 12.5 Å². The van der Waals surface area contributed by atoms with E-state index in [4.69, 9.17) is 4.74 Å². The van der Waals surface area contributed by atoms with E-state index in [-0.39, 0.29) is 18.0 Å². The number of fused-ring (bicyclic) bond motifs is 1. The van der Waals surface area contributed by atoms with E-state index in [1.54, 1.807) is 6.07 Å². The topological polar surface area (TPSA) is 80.6 Å². The summed E-state index contributed by atoms with van der Waals surface area (Å²) in [4.78, 5) is 24.5. The lowest BCUT2D eigenvalue weighted by molar-refractivity contribution is -0.144. The van der Waals surface area contributed by atoms with Crippen LogP contribution >= 0.6 is 0 Å². The molecule has 1 heterocycles. The molecule has 0 fully saturated rings. The second-order valence-corrected chi connectivity index (χ2v) is 10.7. The number of carboxylic acids is 1. The zero-order chi connectivity index (χ0) is 28.4. The SMILES string of the molecule is Cc1c(C)n(C(C)c2cccc(OC(C)C(=O)O)c2)c2ccc(C(=O)N[C@@H](C)c3cccc(C(C)C)c3)cc12. The van der Waals surface area contributed by atoms with Gasteiger partial charge >= 0.3 is 5.97 Å². The van der Waals surface area contributed by atoms with Crippen LogP contribution in [0.15, 0.2) is 66.7 Å². The molecule has 0 radical (unpaired) electrons. The molecule has 1 amide bonds. The van der Waals surface area contributed by atoms with E-state index in [0.29, 0.717) is 17.2 Å². The zero-order valence-corrected chi connectivity index (χ0v) is 23.8. The Morgan fingerprint density at radius 2 is 1.51 bits per heavy atom.